The van der Waals surface area contributed by atoms with Gasteiger partial charge in [0.2, 0.25) is 0 Å². The van der Waals surface area contributed by atoms with E-state index < -0.39 is 0 Å². The fourth-order valence-electron chi connectivity index (χ4n) is 2.27. The van der Waals surface area contributed by atoms with Gasteiger partial charge in [0, 0.05) is 0 Å². The third kappa shape index (κ3) is 3.92. The lowest BCUT2D eigenvalue weighted by molar-refractivity contribution is 0.674. The highest BCUT2D eigenvalue weighted by Crippen LogP contribution is 2.50. The van der Waals surface area contributed by atoms with E-state index in [2.05, 4.69) is 79.1 Å². The zero-order valence-electron chi connectivity index (χ0n) is 15.8. The lowest BCUT2D eigenvalue weighted by Crippen LogP contribution is -2.37. The number of benzene rings is 1. The normalized spacial score (nSPS) is 15.7. The van der Waals surface area contributed by atoms with Gasteiger partial charge in [0.1, 0.15) is 0 Å². The maximum Gasteiger partial charge on any atom is 0.0899 e. The number of hydrogen-bond donors (Lipinski definition) is 0. The van der Waals surface area contributed by atoms with Crippen LogP contribution < -0.4 is 10.9 Å². The lowest BCUT2D eigenvalue weighted by atomic mass is 10.1. The summed E-state index contributed by atoms with van der Waals surface area (Å²) < 4.78 is 0. The number of aromatic nitrogens is 2. The fourth-order valence-corrected chi connectivity index (χ4v) is 6.07. The number of para-hydroxylation sites is 2. The Morgan fingerprint density at radius 3 is 1.65 bits per heavy atom. The minimum absolute atomic E-state index is 0.244. The van der Waals surface area contributed by atoms with Gasteiger partial charge in [0.25, 0.3) is 0 Å². The molecule has 4 heteroatoms. The molecule has 2 unspecified atom stereocenters. The highest BCUT2D eigenvalue weighted by molar-refractivity contribution is 7.72. The summed E-state index contributed by atoms with van der Waals surface area (Å²) in [6.45, 7) is 18.7. The van der Waals surface area contributed by atoms with E-state index in [0.717, 1.165) is 11.0 Å². The third-order valence-corrected chi connectivity index (χ3v) is 11.2. The van der Waals surface area contributed by atoms with Crippen molar-refractivity contribution in [3.8, 4) is 0 Å². The summed E-state index contributed by atoms with van der Waals surface area (Å²) in [5.41, 5.74) is 4.60. The van der Waals surface area contributed by atoms with Gasteiger partial charge < -0.3 is 0 Å². The molecule has 23 heavy (non-hydrogen) atoms. The highest BCUT2D eigenvalue weighted by atomic mass is 31.1. The Balaban J connectivity index is 2.69. The van der Waals surface area contributed by atoms with Gasteiger partial charge >= 0.3 is 0 Å². The zero-order valence-corrected chi connectivity index (χ0v) is 17.6. The molecule has 0 N–H and O–H groups in total. The number of nitrogens with zero attached hydrogens (tertiary/aromatic N) is 2. The van der Waals surface area contributed by atoms with Gasteiger partial charge in [-0.15, -0.1) is 0 Å². The Morgan fingerprint density at radius 1 is 0.826 bits per heavy atom. The van der Waals surface area contributed by atoms with E-state index in [9.17, 15) is 0 Å². The van der Waals surface area contributed by atoms with E-state index in [4.69, 9.17) is 9.97 Å². The molecule has 0 bridgehead atoms. The molecule has 0 radical (unpaired) electrons. The van der Waals surface area contributed by atoms with Crippen LogP contribution in [-0.4, -0.2) is 33.6 Å². The molecule has 2 rings (SSSR count). The summed E-state index contributed by atoms with van der Waals surface area (Å²) in [5, 5.41) is 0.531. The van der Waals surface area contributed by atoms with Crippen LogP contribution in [0, 0.1) is 0 Å². The first-order valence-corrected chi connectivity index (χ1v) is 11.9. The van der Waals surface area contributed by atoms with Gasteiger partial charge in [0.15, 0.2) is 0 Å². The molecule has 1 heterocycles. The van der Waals surface area contributed by atoms with Crippen LogP contribution >= 0.6 is 15.8 Å². The van der Waals surface area contributed by atoms with Gasteiger partial charge in [0.05, 0.1) is 21.9 Å². The van der Waals surface area contributed by atoms with Crippen molar-refractivity contribution in [2.24, 2.45) is 0 Å². The summed E-state index contributed by atoms with van der Waals surface area (Å²) in [5.74, 6) is 0. The molecule has 2 nitrogen and oxygen atoms in total. The summed E-state index contributed by atoms with van der Waals surface area (Å²) in [7, 11) is -0.703. The number of rotatable bonds is 4. The van der Waals surface area contributed by atoms with Crippen LogP contribution in [0.1, 0.15) is 48.0 Å². The van der Waals surface area contributed by atoms with E-state index in [0.29, 0.717) is 0 Å². The molecule has 0 saturated heterocycles. The predicted molar refractivity (Wildman–Crippen MR) is 109 cm³/mol. The van der Waals surface area contributed by atoms with Crippen LogP contribution in [-0.2, 0) is 0 Å². The minimum atomic E-state index is -0.353. The van der Waals surface area contributed by atoms with Crippen molar-refractivity contribution < 1.29 is 0 Å². The summed E-state index contributed by atoms with van der Waals surface area (Å²) in [6, 6.07) is 8.29. The first kappa shape index (κ1) is 18.8. The second-order valence-electron chi connectivity index (χ2n) is 7.81. The average Bonchev–Trinajstić information content (AvgIpc) is 2.51. The fraction of sp³-hybridized carbons (Fsp3) is 0.579. The number of hydrogen-bond acceptors (Lipinski definition) is 2. The molecule has 0 aliphatic rings. The Hall–Kier alpha value is -0.580. The van der Waals surface area contributed by atoms with Crippen LogP contribution in [0.25, 0.3) is 11.0 Å². The molecule has 0 saturated carbocycles. The van der Waals surface area contributed by atoms with Crippen molar-refractivity contribution in [1.82, 2.24) is 9.97 Å². The maximum absolute atomic E-state index is 5.11. The van der Waals surface area contributed by atoms with Crippen molar-refractivity contribution in [2.75, 3.05) is 13.3 Å². The SMILES string of the molecule is CCC(C)(C)P(C)c1nc2ccccc2nc1P(C)C(C)(C)C. The Morgan fingerprint density at radius 2 is 1.26 bits per heavy atom. The predicted octanol–water partition coefficient (Wildman–Crippen LogP) is 5.09. The quantitative estimate of drug-likeness (QED) is 0.719. The van der Waals surface area contributed by atoms with Crippen LogP contribution in [0.3, 0.4) is 0 Å². The van der Waals surface area contributed by atoms with Gasteiger partial charge in [-0.3, -0.25) is 0 Å². The molecular formula is C19H30N2P2. The van der Waals surface area contributed by atoms with Gasteiger partial charge in [-0.05, 0) is 50.1 Å². The van der Waals surface area contributed by atoms with Crippen LogP contribution in [0.4, 0.5) is 0 Å². The van der Waals surface area contributed by atoms with Gasteiger partial charge in [-0.25, -0.2) is 9.97 Å². The van der Waals surface area contributed by atoms with Gasteiger partial charge in [-0.2, -0.15) is 0 Å². The van der Waals surface area contributed by atoms with Crippen LogP contribution in [0.2, 0.25) is 0 Å². The van der Waals surface area contributed by atoms with E-state index in [-0.39, 0.29) is 26.2 Å². The van der Waals surface area contributed by atoms with Crippen molar-refractivity contribution in [3.05, 3.63) is 24.3 Å². The van der Waals surface area contributed by atoms with E-state index in [1.54, 1.807) is 0 Å². The molecule has 0 aliphatic carbocycles. The van der Waals surface area contributed by atoms with Gasteiger partial charge in [-0.1, -0.05) is 61.6 Å². The lowest BCUT2D eigenvalue weighted by Gasteiger charge is -2.35. The number of fused-ring (bicyclic) bond motifs is 1. The molecule has 2 atom stereocenters. The monoisotopic (exact) mass is 348 g/mol. The molecule has 126 valence electrons. The van der Waals surface area contributed by atoms with Crippen molar-refractivity contribution in [2.45, 2.75) is 58.3 Å². The first-order chi connectivity index (χ1) is 10.6. The second-order valence-corrected chi connectivity index (χ2v) is 13.4. The second kappa shape index (κ2) is 6.73. The minimum Gasteiger partial charge on any atom is -0.244 e. The van der Waals surface area contributed by atoms with Crippen molar-refractivity contribution >= 4 is 37.7 Å². The highest BCUT2D eigenvalue weighted by Gasteiger charge is 2.33. The molecule has 0 spiro atoms. The smallest absolute Gasteiger partial charge is 0.0899 e. The topological polar surface area (TPSA) is 25.8 Å². The molecule has 1 aromatic carbocycles. The Bertz CT molecular complexity index is 689. The van der Waals surface area contributed by atoms with E-state index >= 15 is 0 Å². The van der Waals surface area contributed by atoms with Crippen molar-refractivity contribution in [3.63, 3.8) is 0 Å². The molecule has 0 aliphatic heterocycles. The molecule has 0 fully saturated rings. The third-order valence-electron chi connectivity index (χ3n) is 4.95. The molecular weight excluding hydrogens is 318 g/mol. The molecule has 2 aromatic rings. The largest absolute Gasteiger partial charge is 0.244 e. The molecule has 1 aromatic heterocycles. The maximum atomic E-state index is 5.11. The molecule has 0 amide bonds. The Kier molecular flexibility index (Phi) is 5.49. The van der Waals surface area contributed by atoms with E-state index in [1.807, 2.05) is 0 Å². The first-order valence-electron chi connectivity index (χ1n) is 8.32. The average molecular weight is 348 g/mol. The van der Waals surface area contributed by atoms with Crippen LogP contribution in [0.5, 0.6) is 0 Å². The summed E-state index contributed by atoms with van der Waals surface area (Å²) in [4.78, 5) is 10.2. The van der Waals surface area contributed by atoms with Crippen LogP contribution in [0.15, 0.2) is 24.3 Å². The standard InChI is InChI=1S/C19H30N2P2/c1-9-19(5,6)23(8)17-16(22(7)18(2,3)4)20-14-12-10-11-13-15(14)21-17/h10-13H,9H2,1-8H3. The summed E-state index contributed by atoms with van der Waals surface area (Å²) >= 11 is 0. The Labute approximate surface area is 144 Å². The summed E-state index contributed by atoms with van der Waals surface area (Å²) in [6.07, 6.45) is 1.17. The van der Waals surface area contributed by atoms with E-state index in [1.165, 1.54) is 17.3 Å². The zero-order chi connectivity index (χ0) is 17.4. The van der Waals surface area contributed by atoms with Crippen molar-refractivity contribution in [1.29, 1.82) is 0 Å².